The van der Waals surface area contributed by atoms with E-state index in [0.29, 0.717) is 17.4 Å². The summed E-state index contributed by atoms with van der Waals surface area (Å²) < 4.78 is 22.6. The molecule has 0 amide bonds. The van der Waals surface area contributed by atoms with Crippen LogP contribution >= 0.6 is 0 Å². The first kappa shape index (κ1) is 54.8. The first-order valence-electron chi connectivity index (χ1n) is 23.5. The molecule has 1 N–H and O–H groups in total. The summed E-state index contributed by atoms with van der Waals surface area (Å²) in [5.41, 5.74) is 0. The number of quaternary nitrogens is 1. The Bertz CT molecular complexity index is 991. The summed E-state index contributed by atoms with van der Waals surface area (Å²) in [7, 11) is 5.95. The zero-order valence-corrected chi connectivity index (χ0v) is 37.8. The molecule has 334 valence electrons. The van der Waals surface area contributed by atoms with Gasteiger partial charge in [-0.25, -0.2) is 4.79 Å². The lowest BCUT2D eigenvalue weighted by molar-refractivity contribution is -0.870. The second-order valence-electron chi connectivity index (χ2n) is 17.1. The minimum absolute atomic E-state index is 0.180. The summed E-state index contributed by atoms with van der Waals surface area (Å²) >= 11 is 0. The van der Waals surface area contributed by atoms with E-state index in [2.05, 4.69) is 38.2 Å². The molecule has 9 heteroatoms. The number of rotatable bonds is 43. The summed E-state index contributed by atoms with van der Waals surface area (Å²) in [5, 5.41) is 9.58. The van der Waals surface area contributed by atoms with Crippen LogP contribution in [-0.2, 0) is 33.3 Å². The number of ether oxygens (including phenoxy) is 4. The van der Waals surface area contributed by atoms with E-state index in [1.165, 1.54) is 122 Å². The number of carboxylic acid groups (broad SMARTS) is 1. The van der Waals surface area contributed by atoms with E-state index in [9.17, 15) is 19.5 Å². The van der Waals surface area contributed by atoms with Gasteiger partial charge in [0, 0.05) is 12.8 Å². The lowest BCUT2D eigenvalue weighted by Crippen LogP contribution is -2.40. The van der Waals surface area contributed by atoms with Crippen molar-refractivity contribution in [2.75, 3.05) is 47.5 Å². The topological polar surface area (TPSA) is 108 Å². The predicted octanol–water partition coefficient (Wildman–Crippen LogP) is 12.4. The molecule has 0 saturated carbocycles. The predicted molar refractivity (Wildman–Crippen MR) is 235 cm³/mol. The van der Waals surface area contributed by atoms with Crippen LogP contribution in [0, 0.1) is 0 Å². The zero-order chi connectivity index (χ0) is 42.1. The Morgan fingerprint density at radius 2 is 0.947 bits per heavy atom. The van der Waals surface area contributed by atoms with E-state index in [1.807, 2.05) is 21.1 Å². The maximum Gasteiger partial charge on any atom is 0.361 e. The van der Waals surface area contributed by atoms with Crippen LogP contribution in [0.3, 0.4) is 0 Å². The van der Waals surface area contributed by atoms with Gasteiger partial charge in [-0.05, 0) is 44.9 Å². The van der Waals surface area contributed by atoms with Gasteiger partial charge in [-0.15, -0.1) is 0 Å². The summed E-state index contributed by atoms with van der Waals surface area (Å²) in [5.74, 6) is -2.01. The summed E-state index contributed by atoms with van der Waals surface area (Å²) in [6, 6.07) is 0. The van der Waals surface area contributed by atoms with E-state index >= 15 is 0 Å². The molecule has 0 aliphatic carbocycles. The smallest absolute Gasteiger partial charge is 0.361 e. The van der Waals surface area contributed by atoms with Crippen molar-refractivity contribution in [1.82, 2.24) is 0 Å². The second kappa shape index (κ2) is 40.5. The molecule has 0 aromatic rings. The van der Waals surface area contributed by atoms with Crippen LogP contribution in [0.4, 0.5) is 0 Å². The van der Waals surface area contributed by atoms with Crippen LogP contribution in [0.5, 0.6) is 0 Å². The van der Waals surface area contributed by atoms with Gasteiger partial charge in [-0.1, -0.05) is 173 Å². The summed E-state index contributed by atoms with van der Waals surface area (Å²) in [6.45, 7) is 4.77. The Kier molecular flexibility index (Phi) is 39.0. The molecule has 0 aliphatic rings. The number of unbranched alkanes of at least 4 members (excludes halogenated alkanes) is 24. The molecule has 0 aromatic carbocycles. The minimum atomic E-state index is -1.50. The number of esters is 2. The van der Waals surface area contributed by atoms with Gasteiger partial charge in [-0.3, -0.25) is 9.59 Å². The SMILES string of the molecule is CCCCCCC/C=C\C/C=C\CCCCCCCCCCCCCCCCCC(=O)OC(COC(=O)CCCCCCC)COC(OCC[N+](C)(C)C)C(=O)O. The Hall–Kier alpha value is -2.23. The van der Waals surface area contributed by atoms with Gasteiger partial charge >= 0.3 is 17.9 Å². The van der Waals surface area contributed by atoms with Gasteiger partial charge in [-0.2, -0.15) is 0 Å². The average Bonchev–Trinajstić information content (AvgIpc) is 3.17. The standard InChI is InChI=1S/C48H89NO8/c1-6-8-10-12-13-14-15-16-17-18-19-20-21-22-23-24-25-26-27-28-29-30-31-32-33-35-37-39-46(51)57-44(42-55-45(50)38-36-34-11-9-7-2)43-56-48(47(52)53)54-41-40-49(3,4)5/h15-16,18-19,44,48H,6-14,17,20-43H2,1-5H3/p+1/b16-15-,19-18-. The van der Waals surface area contributed by atoms with Gasteiger partial charge in [0.2, 0.25) is 0 Å². The fourth-order valence-electron chi connectivity index (χ4n) is 6.51. The van der Waals surface area contributed by atoms with Crippen molar-refractivity contribution in [2.24, 2.45) is 0 Å². The fourth-order valence-corrected chi connectivity index (χ4v) is 6.51. The lowest BCUT2D eigenvalue weighted by atomic mass is 10.0. The molecule has 9 nitrogen and oxygen atoms in total. The van der Waals surface area contributed by atoms with Crippen molar-refractivity contribution in [2.45, 2.75) is 219 Å². The summed E-state index contributed by atoms with van der Waals surface area (Å²) in [4.78, 5) is 36.8. The number of likely N-dealkylation sites (N-methyl/N-ethyl adjacent to an activating group) is 1. The largest absolute Gasteiger partial charge is 0.477 e. The normalized spacial score (nSPS) is 13.1. The molecule has 2 unspecified atom stereocenters. The number of allylic oxidation sites excluding steroid dienone is 4. The number of carboxylic acids is 1. The third-order valence-corrected chi connectivity index (χ3v) is 10.2. The number of aliphatic carboxylic acids is 1. The van der Waals surface area contributed by atoms with Crippen LogP contribution in [0.15, 0.2) is 24.3 Å². The van der Waals surface area contributed by atoms with Crippen molar-refractivity contribution < 1.29 is 42.9 Å². The number of hydrogen-bond acceptors (Lipinski definition) is 7. The van der Waals surface area contributed by atoms with Crippen LogP contribution in [0.2, 0.25) is 0 Å². The fraction of sp³-hybridized carbons (Fsp3) is 0.854. The molecule has 57 heavy (non-hydrogen) atoms. The van der Waals surface area contributed by atoms with E-state index in [-0.39, 0.29) is 32.2 Å². The molecule has 0 aromatic heterocycles. The summed E-state index contributed by atoms with van der Waals surface area (Å²) in [6.07, 6.45) is 41.5. The van der Waals surface area contributed by atoms with Gasteiger partial charge in [0.25, 0.3) is 6.29 Å². The molecule has 0 bridgehead atoms. The van der Waals surface area contributed by atoms with Crippen LogP contribution in [0.1, 0.15) is 206 Å². The third-order valence-electron chi connectivity index (χ3n) is 10.2. The first-order chi connectivity index (χ1) is 27.6. The number of carbonyl (C=O) groups excluding carboxylic acids is 2. The monoisotopic (exact) mass is 809 g/mol. The molecule has 0 fully saturated rings. The number of carbonyl (C=O) groups is 3. The quantitative estimate of drug-likeness (QED) is 0.0213. The van der Waals surface area contributed by atoms with Crippen LogP contribution in [-0.4, -0.2) is 87.4 Å². The Morgan fingerprint density at radius 1 is 0.526 bits per heavy atom. The number of hydrogen-bond donors (Lipinski definition) is 1. The molecule has 2 atom stereocenters. The molecule has 0 spiro atoms. The van der Waals surface area contributed by atoms with Crippen LogP contribution in [0.25, 0.3) is 0 Å². The molecule has 0 heterocycles. The third kappa shape index (κ3) is 41.7. The molecule has 0 aliphatic heterocycles. The van der Waals surface area contributed by atoms with E-state index in [4.69, 9.17) is 18.9 Å². The average molecular weight is 809 g/mol. The maximum atomic E-state index is 12.7. The maximum absolute atomic E-state index is 12.7. The minimum Gasteiger partial charge on any atom is -0.477 e. The highest BCUT2D eigenvalue weighted by Gasteiger charge is 2.25. The Balaban J connectivity index is 4.04. The van der Waals surface area contributed by atoms with Crippen molar-refractivity contribution in [3.05, 3.63) is 24.3 Å². The highest BCUT2D eigenvalue weighted by atomic mass is 16.7. The van der Waals surface area contributed by atoms with Crippen molar-refractivity contribution >= 4 is 17.9 Å². The second-order valence-corrected chi connectivity index (χ2v) is 17.1. The van der Waals surface area contributed by atoms with Gasteiger partial charge in [0.1, 0.15) is 13.2 Å². The lowest BCUT2D eigenvalue weighted by Gasteiger charge is -2.25. The highest BCUT2D eigenvalue weighted by Crippen LogP contribution is 2.15. The molecule has 0 radical (unpaired) electrons. The van der Waals surface area contributed by atoms with Gasteiger partial charge in [0.05, 0.1) is 34.4 Å². The molecular formula is C48H90NO8+. The van der Waals surface area contributed by atoms with E-state index in [0.717, 1.165) is 57.8 Å². The zero-order valence-electron chi connectivity index (χ0n) is 37.8. The number of nitrogens with zero attached hydrogens (tertiary/aromatic N) is 1. The Labute approximate surface area is 350 Å². The molecular weight excluding hydrogens is 719 g/mol. The van der Waals surface area contributed by atoms with Crippen molar-refractivity contribution in [3.63, 3.8) is 0 Å². The highest BCUT2D eigenvalue weighted by molar-refractivity contribution is 5.71. The van der Waals surface area contributed by atoms with Gasteiger partial charge in [0.15, 0.2) is 6.10 Å². The first-order valence-corrected chi connectivity index (χ1v) is 23.5. The van der Waals surface area contributed by atoms with Gasteiger partial charge < -0.3 is 28.5 Å². The van der Waals surface area contributed by atoms with Crippen molar-refractivity contribution in [1.29, 1.82) is 0 Å². The molecule has 0 rings (SSSR count). The Morgan fingerprint density at radius 3 is 1.39 bits per heavy atom. The van der Waals surface area contributed by atoms with E-state index in [1.54, 1.807) is 0 Å². The van der Waals surface area contributed by atoms with Crippen molar-refractivity contribution in [3.8, 4) is 0 Å². The molecule has 0 saturated heterocycles. The van der Waals surface area contributed by atoms with E-state index < -0.39 is 24.3 Å². The van der Waals surface area contributed by atoms with Crippen LogP contribution < -0.4 is 0 Å².